The molecule has 0 unspecified atom stereocenters. The van der Waals surface area contributed by atoms with Crippen molar-refractivity contribution >= 4 is 27.6 Å². The Morgan fingerprint density at radius 3 is 2.38 bits per heavy atom. The van der Waals surface area contributed by atoms with Gasteiger partial charge in [0.2, 0.25) is 0 Å². The Kier molecular flexibility index (Phi) is 4.29. The van der Waals surface area contributed by atoms with E-state index in [0.717, 1.165) is 41.1 Å². The zero-order valence-corrected chi connectivity index (χ0v) is 15.0. The average molecular weight is 340 g/mol. The van der Waals surface area contributed by atoms with E-state index in [1.54, 1.807) is 0 Å². The van der Waals surface area contributed by atoms with Gasteiger partial charge in [-0.25, -0.2) is 4.98 Å². The number of pyridine rings is 2. The van der Waals surface area contributed by atoms with Crippen molar-refractivity contribution in [2.45, 2.75) is 26.2 Å². The largest absolute Gasteiger partial charge is 0.382 e. The molecule has 0 atom stereocenters. The van der Waals surface area contributed by atoms with Gasteiger partial charge in [-0.1, -0.05) is 36.4 Å². The summed E-state index contributed by atoms with van der Waals surface area (Å²) in [4.78, 5) is 9.11. The Bertz CT molecular complexity index is 1080. The van der Waals surface area contributed by atoms with Gasteiger partial charge in [0.25, 0.3) is 0 Å². The van der Waals surface area contributed by atoms with Crippen LogP contribution >= 0.6 is 0 Å². The third-order valence-corrected chi connectivity index (χ3v) is 4.89. The normalized spacial score (nSPS) is 11.3. The second kappa shape index (κ2) is 6.75. The zero-order valence-electron chi connectivity index (χ0n) is 15.0. The van der Waals surface area contributed by atoms with Gasteiger partial charge in [0.1, 0.15) is 5.52 Å². The van der Waals surface area contributed by atoms with Crippen molar-refractivity contribution in [1.29, 1.82) is 0 Å². The molecule has 2 N–H and O–H groups in total. The zero-order chi connectivity index (χ0) is 18.1. The maximum absolute atomic E-state index is 6.14. The fourth-order valence-electron chi connectivity index (χ4n) is 3.36. The molecule has 4 rings (SSSR count). The molecular formula is C23H22N3. The predicted octanol–water partition coefficient (Wildman–Crippen LogP) is 4.84. The van der Waals surface area contributed by atoms with E-state index >= 15 is 0 Å². The molecule has 26 heavy (non-hydrogen) atoms. The molecule has 2 heterocycles. The second-order valence-corrected chi connectivity index (χ2v) is 6.82. The van der Waals surface area contributed by atoms with Crippen LogP contribution in [0.15, 0.2) is 54.7 Å². The minimum absolute atomic E-state index is 0.494. The van der Waals surface area contributed by atoms with Gasteiger partial charge in [-0.05, 0) is 67.5 Å². The summed E-state index contributed by atoms with van der Waals surface area (Å²) in [5.74, 6) is 0.494. The topological polar surface area (TPSA) is 51.8 Å². The van der Waals surface area contributed by atoms with Gasteiger partial charge in [-0.3, -0.25) is 4.98 Å². The average Bonchev–Trinajstić information content (AvgIpc) is 2.66. The highest BCUT2D eigenvalue weighted by Crippen LogP contribution is 2.28. The number of nitrogens with zero attached hydrogens (tertiary/aromatic N) is 2. The summed E-state index contributed by atoms with van der Waals surface area (Å²) in [5.41, 5.74) is 12.8. The molecule has 0 spiro atoms. The van der Waals surface area contributed by atoms with Gasteiger partial charge in [0.05, 0.1) is 5.52 Å². The molecule has 1 radical (unpaired) electrons. The SMILES string of the molecule is [CH2]Cc1ccc(CCc2cnc3c(N)nc4cc(C)ccc4c3c2)cc1. The Balaban J connectivity index is 1.68. The third kappa shape index (κ3) is 3.13. The highest BCUT2D eigenvalue weighted by atomic mass is 14.9. The van der Waals surface area contributed by atoms with Crippen molar-refractivity contribution in [3.05, 3.63) is 83.9 Å². The van der Waals surface area contributed by atoms with Crippen LogP contribution in [0.5, 0.6) is 0 Å². The standard InChI is InChI=1S/C23H22N3/c1-3-16-5-7-17(8-6-16)9-10-18-13-20-19-11-4-15(2)12-21(19)26-23(24)22(20)25-14-18/h4-8,11-14H,1,3,9-10H2,2H3,(H2,24,26). The molecule has 0 amide bonds. The van der Waals surface area contributed by atoms with Crippen LogP contribution in [0.25, 0.3) is 21.8 Å². The van der Waals surface area contributed by atoms with E-state index in [4.69, 9.17) is 5.73 Å². The van der Waals surface area contributed by atoms with Crippen LogP contribution in [0.1, 0.15) is 22.3 Å². The molecular weight excluding hydrogens is 318 g/mol. The number of anilines is 1. The van der Waals surface area contributed by atoms with E-state index in [1.165, 1.54) is 22.3 Å². The fraction of sp³-hybridized carbons (Fsp3) is 0.174. The van der Waals surface area contributed by atoms with E-state index in [-0.39, 0.29) is 0 Å². The number of benzene rings is 2. The number of nitrogens with two attached hydrogens (primary N) is 1. The van der Waals surface area contributed by atoms with Crippen LogP contribution in [0.3, 0.4) is 0 Å². The smallest absolute Gasteiger partial charge is 0.150 e. The van der Waals surface area contributed by atoms with Crippen molar-refractivity contribution in [1.82, 2.24) is 9.97 Å². The minimum Gasteiger partial charge on any atom is -0.382 e. The first kappa shape index (κ1) is 16.5. The Labute approximate surface area is 153 Å². The van der Waals surface area contributed by atoms with E-state index < -0.39 is 0 Å². The van der Waals surface area contributed by atoms with Gasteiger partial charge in [0, 0.05) is 17.0 Å². The summed E-state index contributed by atoms with van der Waals surface area (Å²) in [6.07, 6.45) is 4.69. The molecule has 3 heteroatoms. The lowest BCUT2D eigenvalue weighted by atomic mass is 10.0. The Morgan fingerprint density at radius 2 is 1.62 bits per heavy atom. The molecule has 0 aliphatic rings. The quantitative estimate of drug-likeness (QED) is 0.541. The van der Waals surface area contributed by atoms with Gasteiger partial charge >= 0.3 is 0 Å². The van der Waals surface area contributed by atoms with Crippen LogP contribution in [-0.4, -0.2) is 9.97 Å². The van der Waals surface area contributed by atoms with Crippen molar-refractivity contribution in [3.8, 4) is 0 Å². The first-order valence-electron chi connectivity index (χ1n) is 8.95. The van der Waals surface area contributed by atoms with Crippen LogP contribution in [0.4, 0.5) is 5.82 Å². The Hall–Kier alpha value is -2.94. The maximum Gasteiger partial charge on any atom is 0.150 e. The van der Waals surface area contributed by atoms with Crippen LogP contribution in [0.2, 0.25) is 0 Å². The summed E-state index contributed by atoms with van der Waals surface area (Å²) in [6, 6.07) is 17.2. The molecule has 0 saturated heterocycles. The number of aromatic nitrogens is 2. The van der Waals surface area contributed by atoms with Crippen LogP contribution in [0, 0.1) is 13.8 Å². The molecule has 129 valence electrons. The number of rotatable bonds is 4. The van der Waals surface area contributed by atoms with Gasteiger partial charge < -0.3 is 5.73 Å². The maximum atomic E-state index is 6.14. The van der Waals surface area contributed by atoms with Crippen molar-refractivity contribution < 1.29 is 0 Å². The van der Waals surface area contributed by atoms with Crippen LogP contribution < -0.4 is 5.73 Å². The summed E-state index contributed by atoms with van der Waals surface area (Å²) in [5, 5.41) is 2.19. The van der Waals surface area contributed by atoms with E-state index in [2.05, 4.69) is 72.3 Å². The number of nitrogen functional groups attached to an aromatic ring is 1. The molecule has 2 aromatic carbocycles. The Morgan fingerprint density at radius 1 is 0.885 bits per heavy atom. The molecule has 3 nitrogen and oxygen atoms in total. The second-order valence-electron chi connectivity index (χ2n) is 6.82. The van der Waals surface area contributed by atoms with E-state index in [1.807, 2.05) is 6.20 Å². The lowest BCUT2D eigenvalue weighted by Crippen LogP contribution is -1.98. The molecule has 0 aliphatic carbocycles. The first-order valence-corrected chi connectivity index (χ1v) is 8.95. The first-order chi connectivity index (χ1) is 12.6. The lowest BCUT2D eigenvalue weighted by molar-refractivity contribution is 0.953. The van der Waals surface area contributed by atoms with Crippen molar-refractivity contribution in [2.24, 2.45) is 0 Å². The lowest BCUT2D eigenvalue weighted by Gasteiger charge is -2.09. The van der Waals surface area contributed by atoms with Gasteiger partial charge in [-0.2, -0.15) is 0 Å². The highest BCUT2D eigenvalue weighted by molar-refractivity contribution is 6.08. The van der Waals surface area contributed by atoms with E-state index in [0.29, 0.717) is 5.82 Å². The molecule has 0 saturated carbocycles. The molecule has 4 aromatic rings. The molecule has 0 aliphatic heterocycles. The number of aryl methyl sites for hydroxylation is 3. The monoisotopic (exact) mass is 340 g/mol. The number of hydrogen-bond donors (Lipinski definition) is 1. The minimum atomic E-state index is 0.494. The molecule has 2 aromatic heterocycles. The highest BCUT2D eigenvalue weighted by Gasteiger charge is 2.09. The van der Waals surface area contributed by atoms with Crippen LogP contribution in [-0.2, 0) is 19.3 Å². The molecule has 0 bridgehead atoms. The molecule has 0 fully saturated rings. The number of hydrogen-bond acceptors (Lipinski definition) is 3. The summed E-state index contributed by atoms with van der Waals surface area (Å²) >= 11 is 0. The van der Waals surface area contributed by atoms with Gasteiger partial charge in [-0.15, -0.1) is 0 Å². The third-order valence-electron chi connectivity index (χ3n) is 4.89. The summed E-state index contributed by atoms with van der Waals surface area (Å²) in [7, 11) is 0. The fourth-order valence-corrected chi connectivity index (χ4v) is 3.36. The number of fused-ring (bicyclic) bond motifs is 3. The summed E-state index contributed by atoms with van der Waals surface area (Å²) in [6.45, 7) is 5.99. The van der Waals surface area contributed by atoms with Crippen molar-refractivity contribution in [2.75, 3.05) is 5.73 Å². The predicted molar refractivity (Wildman–Crippen MR) is 109 cm³/mol. The van der Waals surface area contributed by atoms with Crippen molar-refractivity contribution in [3.63, 3.8) is 0 Å². The van der Waals surface area contributed by atoms with Gasteiger partial charge in [0.15, 0.2) is 5.82 Å². The summed E-state index contributed by atoms with van der Waals surface area (Å²) < 4.78 is 0. The van der Waals surface area contributed by atoms with E-state index in [9.17, 15) is 0 Å².